The second-order valence-corrected chi connectivity index (χ2v) is 1.90. The summed E-state index contributed by atoms with van der Waals surface area (Å²) >= 11 is 3.79. The highest BCUT2D eigenvalue weighted by atomic mass is 32.1. The van der Waals surface area contributed by atoms with Gasteiger partial charge in [-0.25, -0.2) is 0 Å². The van der Waals surface area contributed by atoms with Crippen molar-refractivity contribution in [3.05, 3.63) is 10.6 Å². The lowest BCUT2D eigenvalue weighted by atomic mass is 10.3. The molecule has 4 nitrogen and oxygen atoms in total. The summed E-state index contributed by atoms with van der Waals surface area (Å²) in [6, 6.07) is 1.62. The first-order valence-electron chi connectivity index (χ1n) is 2.44. The molecule has 0 unspecified atom stereocenters. The number of carbonyl (C=O) groups is 1. The average molecular weight is 157 g/mol. The summed E-state index contributed by atoms with van der Waals surface area (Å²) in [4.78, 5) is 10.4. The van der Waals surface area contributed by atoms with Crippen LogP contribution in [0.2, 0.25) is 0 Å². The molecular weight excluding hydrogens is 150 g/mol. The number of carbonyl (C=O) groups excluding carboxylic acids is 1. The standard InChI is InChI=1S/C5H7N3OS/c1-8-5(10)3(2-6)4(7)9/h8,10H,1H3,(H2,7,9)/b5-3+. The maximum absolute atomic E-state index is 10.4. The Bertz CT molecular complexity index is 215. The van der Waals surface area contributed by atoms with Crippen LogP contribution < -0.4 is 11.1 Å². The molecule has 1 amide bonds. The molecule has 0 aliphatic carbocycles. The number of nitrogens with zero attached hydrogens (tertiary/aromatic N) is 1. The zero-order valence-electron chi connectivity index (χ0n) is 5.38. The molecule has 0 fully saturated rings. The van der Waals surface area contributed by atoms with Crippen LogP contribution in [0.4, 0.5) is 0 Å². The van der Waals surface area contributed by atoms with Crippen molar-refractivity contribution in [2.24, 2.45) is 5.73 Å². The fraction of sp³-hybridized carbons (Fsp3) is 0.200. The molecule has 0 aromatic rings. The van der Waals surface area contributed by atoms with Crippen LogP contribution in [-0.2, 0) is 4.79 Å². The minimum absolute atomic E-state index is 0.161. The molecule has 0 rings (SSSR count). The van der Waals surface area contributed by atoms with Crippen LogP contribution in [0.1, 0.15) is 0 Å². The SMILES string of the molecule is CN/C(S)=C(/C#N)C(N)=O. The van der Waals surface area contributed by atoms with Crippen molar-refractivity contribution in [3.63, 3.8) is 0 Å². The highest BCUT2D eigenvalue weighted by Crippen LogP contribution is 2.01. The van der Waals surface area contributed by atoms with Crippen molar-refractivity contribution in [1.82, 2.24) is 5.32 Å². The van der Waals surface area contributed by atoms with E-state index in [9.17, 15) is 4.79 Å². The molecule has 0 saturated heterocycles. The number of nitrogens with two attached hydrogens (primary N) is 1. The van der Waals surface area contributed by atoms with E-state index in [0.29, 0.717) is 0 Å². The van der Waals surface area contributed by atoms with Gasteiger partial charge in [0, 0.05) is 7.05 Å². The van der Waals surface area contributed by atoms with Crippen LogP contribution in [0.5, 0.6) is 0 Å². The molecule has 0 atom stereocenters. The molecule has 0 heterocycles. The Balaban J connectivity index is 4.68. The Morgan fingerprint density at radius 1 is 1.80 bits per heavy atom. The first-order valence-corrected chi connectivity index (χ1v) is 2.89. The minimum atomic E-state index is -0.776. The summed E-state index contributed by atoms with van der Waals surface area (Å²) in [5, 5.41) is 11.0. The summed E-state index contributed by atoms with van der Waals surface area (Å²) < 4.78 is 0. The van der Waals surface area contributed by atoms with Gasteiger partial charge < -0.3 is 11.1 Å². The number of thiol groups is 1. The predicted molar refractivity (Wildman–Crippen MR) is 39.9 cm³/mol. The van der Waals surface area contributed by atoms with Gasteiger partial charge in [-0.1, -0.05) is 0 Å². The highest BCUT2D eigenvalue weighted by Gasteiger charge is 2.06. The van der Waals surface area contributed by atoms with E-state index >= 15 is 0 Å². The number of nitriles is 1. The van der Waals surface area contributed by atoms with E-state index in [1.165, 1.54) is 0 Å². The molecule has 10 heavy (non-hydrogen) atoms. The fourth-order valence-electron chi connectivity index (χ4n) is 0.350. The molecule has 0 aromatic carbocycles. The monoisotopic (exact) mass is 157 g/mol. The lowest BCUT2D eigenvalue weighted by molar-refractivity contribution is -0.114. The second kappa shape index (κ2) is 3.80. The third-order valence-corrected chi connectivity index (χ3v) is 1.28. The van der Waals surface area contributed by atoms with Crippen molar-refractivity contribution in [2.45, 2.75) is 0 Å². The third kappa shape index (κ3) is 1.99. The van der Waals surface area contributed by atoms with Gasteiger partial charge in [-0.3, -0.25) is 4.79 Å². The van der Waals surface area contributed by atoms with Crippen molar-refractivity contribution in [2.75, 3.05) is 7.05 Å². The molecule has 54 valence electrons. The van der Waals surface area contributed by atoms with Crippen LogP contribution >= 0.6 is 12.6 Å². The summed E-state index contributed by atoms with van der Waals surface area (Å²) in [5.41, 5.74) is 4.65. The van der Waals surface area contributed by atoms with Gasteiger partial charge in [0.1, 0.15) is 11.6 Å². The molecule has 0 aliphatic rings. The van der Waals surface area contributed by atoms with E-state index in [-0.39, 0.29) is 10.6 Å². The van der Waals surface area contributed by atoms with E-state index < -0.39 is 5.91 Å². The first kappa shape index (κ1) is 8.85. The zero-order valence-corrected chi connectivity index (χ0v) is 6.27. The van der Waals surface area contributed by atoms with E-state index in [1.807, 2.05) is 0 Å². The molecular formula is C5H7N3OS. The molecule has 0 radical (unpaired) electrons. The minimum Gasteiger partial charge on any atom is -0.382 e. The van der Waals surface area contributed by atoms with Gasteiger partial charge in [0.2, 0.25) is 0 Å². The van der Waals surface area contributed by atoms with Crippen molar-refractivity contribution < 1.29 is 4.79 Å². The maximum atomic E-state index is 10.4. The molecule has 0 saturated carbocycles. The number of hydrogen-bond donors (Lipinski definition) is 3. The van der Waals surface area contributed by atoms with Crippen molar-refractivity contribution in [1.29, 1.82) is 5.26 Å². The van der Waals surface area contributed by atoms with Crippen molar-refractivity contribution >= 4 is 18.5 Å². The molecule has 3 N–H and O–H groups in total. The van der Waals surface area contributed by atoms with Crippen LogP contribution in [0, 0.1) is 11.3 Å². The number of nitrogens with one attached hydrogen (secondary N) is 1. The average Bonchev–Trinajstić information content (AvgIpc) is 1.88. The van der Waals surface area contributed by atoms with E-state index in [0.717, 1.165) is 0 Å². The Kier molecular flexibility index (Phi) is 3.36. The summed E-state index contributed by atoms with van der Waals surface area (Å²) in [7, 11) is 1.54. The normalized spacial score (nSPS) is 11.3. The number of hydrogen-bond acceptors (Lipinski definition) is 4. The number of rotatable bonds is 2. The van der Waals surface area contributed by atoms with Crippen molar-refractivity contribution in [3.8, 4) is 6.07 Å². The second-order valence-electron chi connectivity index (χ2n) is 1.45. The lowest BCUT2D eigenvalue weighted by Gasteiger charge is -1.97. The number of amides is 1. The topological polar surface area (TPSA) is 78.9 Å². The van der Waals surface area contributed by atoms with Gasteiger partial charge in [0.05, 0.1) is 5.03 Å². The van der Waals surface area contributed by atoms with E-state index in [1.54, 1.807) is 13.1 Å². The van der Waals surface area contributed by atoms with Crippen LogP contribution in [0.3, 0.4) is 0 Å². The fourth-order valence-corrected chi connectivity index (χ4v) is 0.510. The smallest absolute Gasteiger partial charge is 0.262 e. The first-order chi connectivity index (χ1) is 4.63. The van der Waals surface area contributed by atoms with E-state index in [2.05, 4.69) is 17.9 Å². The van der Waals surface area contributed by atoms with Gasteiger partial charge in [-0.05, 0) is 0 Å². The molecule has 0 aromatic heterocycles. The summed E-state index contributed by atoms with van der Waals surface area (Å²) in [6.45, 7) is 0. The van der Waals surface area contributed by atoms with Gasteiger partial charge in [-0.15, -0.1) is 12.6 Å². The molecule has 5 heteroatoms. The molecule has 0 aliphatic heterocycles. The largest absolute Gasteiger partial charge is 0.382 e. The van der Waals surface area contributed by atoms with Gasteiger partial charge in [0.25, 0.3) is 5.91 Å². The Morgan fingerprint density at radius 2 is 2.30 bits per heavy atom. The summed E-state index contributed by atoms with van der Waals surface area (Å²) in [6.07, 6.45) is 0. The van der Waals surface area contributed by atoms with Crippen LogP contribution in [-0.4, -0.2) is 13.0 Å². The molecule has 0 bridgehead atoms. The van der Waals surface area contributed by atoms with Gasteiger partial charge in [0.15, 0.2) is 0 Å². The predicted octanol–water partition coefficient (Wildman–Crippen LogP) is -0.644. The lowest BCUT2D eigenvalue weighted by Crippen LogP contribution is -2.17. The zero-order chi connectivity index (χ0) is 8.15. The Labute approximate surface area is 64.1 Å². The van der Waals surface area contributed by atoms with Crippen LogP contribution in [0.15, 0.2) is 10.6 Å². The Hall–Kier alpha value is -1.15. The third-order valence-electron chi connectivity index (χ3n) is 0.832. The van der Waals surface area contributed by atoms with E-state index in [4.69, 9.17) is 11.0 Å². The quantitative estimate of drug-likeness (QED) is 0.283. The van der Waals surface area contributed by atoms with Gasteiger partial charge in [-0.2, -0.15) is 5.26 Å². The maximum Gasteiger partial charge on any atom is 0.262 e. The Morgan fingerprint density at radius 3 is 2.40 bits per heavy atom. The van der Waals surface area contributed by atoms with Gasteiger partial charge >= 0.3 is 0 Å². The van der Waals surface area contributed by atoms with Crippen LogP contribution in [0.25, 0.3) is 0 Å². The highest BCUT2D eigenvalue weighted by molar-refractivity contribution is 7.84. The summed E-state index contributed by atoms with van der Waals surface area (Å²) in [5.74, 6) is -0.776. The number of primary amides is 1. The molecule has 0 spiro atoms.